The molecule has 0 saturated carbocycles. The Hall–Kier alpha value is -1.98. The molecular formula is C14H13ClN2O3. The summed E-state index contributed by atoms with van der Waals surface area (Å²) in [6.07, 6.45) is 1.40. The predicted molar refractivity (Wildman–Crippen MR) is 73.8 cm³/mol. The smallest absolute Gasteiger partial charge is 0.248 e. The quantitative estimate of drug-likeness (QED) is 0.909. The minimum atomic E-state index is -0.522. The summed E-state index contributed by atoms with van der Waals surface area (Å²) >= 11 is 6.11. The average Bonchev–Trinajstić information content (AvgIpc) is 2.90. The zero-order chi connectivity index (χ0) is 14.1. The van der Waals surface area contributed by atoms with Crippen molar-refractivity contribution in [2.45, 2.75) is 12.6 Å². The minimum Gasteiger partial charge on any atom is -0.480 e. The van der Waals surface area contributed by atoms with Gasteiger partial charge in [-0.15, -0.1) is 0 Å². The number of hydrogen-bond donors (Lipinski definition) is 2. The first kappa shape index (κ1) is 13.0. The first-order chi connectivity index (χ1) is 9.65. The van der Waals surface area contributed by atoms with Crippen molar-refractivity contribution in [3.63, 3.8) is 0 Å². The lowest BCUT2D eigenvalue weighted by atomic mass is 10.1. The number of carbonyl (C=O) groups excluding carboxylic acids is 1. The highest BCUT2D eigenvalue weighted by Gasteiger charge is 2.25. The number of carbonyl (C=O) groups is 1. The van der Waals surface area contributed by atoms with Gasteiger partial charge in [0.25, 0.3) is 0 Å². The Labute approximate surface area is 120 Å². The van der Waals surface area contributed by atoms with Crippen molar-refractivity contribution in [1.82, 2.24) is 5.32 Å². The molecule has 5 nitrogen and oxygen atoms in total. The molecule has 0 bridgehead atoms. The Kier molecular flexibility index (Phi) is 3.38. The Bertz CT molecular complexity index is 654. The number of benzene rings is 1. The molecule has 1 amide bonds. The van der Waals surface area contributed by atoms with Crippen molar-refractivity contribution in [3.8, 4) is 5.75 Å². The summed E-state index contributed by atoms with van der Waals surface area (Å²) in [5.41, 5.74) is 6.63. The third-order valence-corrected chi connectivity index (χ3v) is 3.50. The van der Waals surface area contributed by atoms with Crippen LogP contribution in [0.1, 0.15) is 27.8 Å². The molecule has 104 valence electrons. The van der Waals surface area contributed by atoms with Gasteiger partial charge in [-0.25, -0.2) is 0 Å². The molecule has 6 heteroatoms. The van der Waals surface area contributed by atoms with Crippen LogP contribution in [0.5, 0.6) is 5.75 Å². The van der Waals surface area contributed by atoms with Gasteiger partial charge in [0, 0.05) is 24.2 Å². The molecule has 2 heterocycles. The van der Waals surface area contributed by atoms with Crippen LogP contribution >= 0.6 is 11.6 Å². The molecule has 1 unspecified atom stereocenters. The standard InChI is InChI=1S/C14H13ClN2O3/c15-10-5-8(14(16)18)1-2-11(10)20-12-7-17-6-9-3-4-19-13(9)12/h1-5,12,17H,6-7H2,(H2,16,18). The van der Waals surface area contributed by atoms with Crippen LogP contribution in [0.2, 0.25) is 5.02 Å². The largest absolute Gasteiger partial charge is 0.480 e. The topological polar surface area (TPSA) is 77.5 Å². The van der Waals surface area contributed by atoms with Gasteiger partial charge in [0.05, 0.1) is 11.3 Å². The van der Waals surface area contributed by atoms with Gasteiger partial charge in [-0.1, -0.05) is 11.6 Å². The fourth-order valence-electron chi connectivity index (χ4n) is 2.20. The van der Waals surface area contributed by atoms with E-state index in [-0.39, 0.29) is 6.10 Å². The van der Waals surface area contributed by atoms with E-state index in [4.69, 9.17) is 26.5 Å². The summed E-state index contributed by atoms with van der Waals surface area (Å²) in [5, 5.41) is 3.59. The molecule has 3 N–H and O–H groups in total. The second-order valence-electron chi connectivity index (χ2n) is 4.56. The summed E-state index contributed by atoms with van der Waals surface area (Å²) in [7, 11) is 0. The molecule has 2 aromatic rings. The highest BCUT2D eigenvalue weighted by atomic mass is 35.5. The van der Waals surface area contributed by atoms with Crippen molar-refractivity contribution in [2.75, 3.05) is 6.54 Å². The first-order valence-corrected chi connectivity index (χ1v) is 6.56. The van der Waals surface area contributed by atoms with Crippen molar-refractivity contribution in [1.29, 1.82) is 0 Å². The van der Waals surface area contributed by atoms with Crippen molar-refractivity contribution >= 4 is 17.5 Å². The molecule has 20 heavy (non-hydrogen) atoms. The zero-order valence-electron chi connectivity index (χ0n) is 10.6. The van der Waals surface area contributed by atoms with Crippen LogP contribution in [-0.2, 0) is 6.54 Å². The summed E-state index contributed by atoms with van der Waals surface area (Å²) in [6, 6.07) is 6.64. The zero-order valence-corrected chi connectivity index (χ0v) is 11.3. The van der Waals surface area contributed by atoms with Crippen LogP contribution in [0.4, 0.5) is 0 Å². The number of hydrogen-bond acceptors (Lipinski definition) is 4. The number of nitrogens with two attached hydrogens (primary N) is 1. The van der Waals surface area contributed by atoms with E-state index < -0.39 is 5.91 Å². The number of rotatable bonds is 3. The third-order valence-electron chi connectivity index (χ3n) is 3.20. The Morgan fingerprint density at radius 3 is 3.05 bits per heavy atom. The molecule has 1 aliphatic heterocycles. The van der Waals surface area contributed by atoms with E-state index in [2.05, 4.69) is 5.32 Å². The van der Waals surface area contributed by atoms with Crippen LogP contribution < -0.4 is 15.8 Å². The Morgan fingerprint density at radius 1 is 1.45 bits per heavy atom. The van der Waals surface area contributed by atoms with Crippen LogP contribution in [-0.4, -0.2) is 12.5 Å². The predicted octanol–water partition coefficient (Wildman–Crippen LogP) is 2.26. The normalized spacial score (nSPS) is 17.6. The van der Waals surface area contributed by atoms with Crippen molar-refractivity contribution in [3.05, 3.63) is 52.4 Å². The number of primary amides is 1. The van der Waals surface area contributed by atoms with E-state index in [1.807, 2.05) is 6.07 Å². The minimum absolute atomic E-state index is 0.245. The van der Waals surface area contributed by atoms with E-state index in [0.717, 1.165) is 17.9 Å². The second kappa shape index (κ2) is 5.19. The van der Waals surface area contributed by atoms with Gasteiger partial charge in [0.1, 0.15) is 11.5 Å². The Balaban J connectivity index is 1.84. The summed E-state index contributed by atoms with van der Waals surface area (Å²) < 4.78 is 11.3. The van der Waals surface area contributed by atoms with E-state index >= 15 is 0 Å². The lowest BCUT2D eigenvalue weighted by Crippen LogP contribution is -2.30. The highest BCUT2D eigenvalue weighted by Crippen LogP contribution is 2.32. The fraction of sp³-hybridized carbons (Fsp3) is 0.214. The van der Waals surface area contributed by atoms with E-state index in [9.17, 15) is 4.79 Å². The van der Waals surface area contributed by atoms with Gasteiger partial charge in [-0.2, -0.15) is 0 Å². The van der Waals surface area contributed by atoms with Crippen molar-refractivity contribution in [2.24, 2.45) is 5.73 Å². The van der Waals surface area contributed by atoms with Gasteiger partial charge in [-0.05, 0) is 24.3 Å². The molecule has 0 aliphatic carbocycles. The molecule has 1 atom stereocenters. The van der Waals surface area contributed by atoms with Gasteiger partial charge in [0.2, 0.25) is 5.91 Å². The molecule has 0 spiro atoms. The molecule has 0 radical (unpaired) electrons. The van der Waals surface area contributed by atoms with E-state index in [1.165, 1.54) is 6.07 Å². The first-order valence-electron chi connectivity index (χ1n) is 6.18. The maximum Gasteiger partial charge on any atom is 0.248 e. The molecule has 1 aromatic heterocycles. The fourth-order valence-corrected chi connectivity index (χ4v) is 2.43. The third kappa shape index (κ3) is 2.37. The maximum absolute atomic E-state index is 11.1. The SMILES string of the molecule is NC(=O)c1ccc(OC2CNCc3ccoc32)c(Cl)c1. The number of furan rings is 1. The molecule has 0 fully saturated rings. The van der Waals surface area contributed by atoms with E-state index in [1.54, 1.807) is 18.4 Å². The van der Waals surface area contributed by atoms with Gasteiger partial charge in [-0.3, -0.25) is 4.79 Å². The molecular weight excluding hydrogens is 280 g/mol. The van der Waals surface area contributed by atoms with Gasteiger partial charge in [0.15, 0.2) is 6.10 Å². The lowest BCUT2D eigenvalue weighted by molar-refractivity contribution is 0.1000. The van der Waals surface area contributed by atoms with Gasteiger partial charge >= 0.3 is 0 Å². The number of fused-ring (bicyclic) bond motifs is 1. The maximum atomic E-state index is 11.1. The molecule has 0 saturated heterocycles. The van der Waals surface area contributed by atoms with Crippen LogP contribution in [0, 0.1) is 0 Å². The number of halogens is 1. The lowest BCUT2D eigenvalue weighted by Gasteiger charge is -2.23. The van der Waals surface area contributed by atoms with Gasteiger partial charge < -0.3 is 20.2 Å². The van der Waals surface area contributed by atoms with Crippen LogP contribution in [0.15, 0.2) is 34.9 Å². The van der Waals surface area contributed by atoms with Crippen LogP contribution in [0.3, 0.4) is 0 Å². The highest BCUT2D eigenvalue weighted by molar-refractivity contribution is 6.32. The monoisotopic (exact) mass is 292 g/mol. The summed E-state index contributed by atoms with van der Waals surface area (Å²) in [5.74, 6) is 0.776. The average molecular weight is 293 g/mol. The summed E-state index contributed by atoms with van der Waals surface area (Å²) in [6.45, 7) is 1.40. The number of amides is 1. The number of nitrogens with one attached hydrogen (secondary N) is 1. The number of ether oxygens (including phenoxy) is 1. The molecule has 1 aromatic carbocycles. The van der Waals surface area contributed by atoms with Crippen molar-refractivity contribution < 1.29 is 13.9 Å². The molecule has 3 rings (SSSR count). The Morgan fingerprint density at radius 2 is 2.30 bits per heavy atom. The molecule has 1 aliphatic rings. The summed E-state index contributed by atoms with van der Waals surface area (Å²) in [4.78, 5) is 11.1. The van der Waals surface area contributed by atoms with E-state index in [0.29, 0.717) is 22.9 Å². The van der Waals surface area contributed by atoms with Crippen LogP contribution in [0.25, 0.3) is 0 Å². The second-order valence-corrected chi connectivity index (χ2v) is 4.96.